The van der Waals surface area contributed by atoms with E-state index in [-0.39, 0.29) is 11.3 Å². The van der Waals surface area contributed by atoms with Crippen molar-refractivity contribution in [2.45, 2.75) is 44.9 Å². The Kier molecular flexibility index (Phi) is 5.02. The molecule has 1 aliphatic rings. The zero-order valence-electron chi connectivity index (χ0n) is 17.6. The van der Waals surface area contributed by atoms with E-state index in [9.17, 15) is 0 Å². The smallest absolute Gasteiger partial charge is 0.231 e. The standard InChI is InChI=1S/C21H27N5O3/c1-21(2,3)20-23-19(29-25-20)13-7-6-8-26(12-13)18-15-10-17(28-5)16(27-4)9-14(15)11-22-24-18/h9-11,13H,6-8,12H2,1-5H3. The molecule has 0 amide bonds. The molecular formula is C21H27N5O3. The maximum atomic E-state index is 5.61. The van der Waals surface area contributed by atoms with E-state index in [4.69, 9.17) is 14.0 Å². The van der Waals surface area contributed by atoms with E-state index in [1.165, 1.54) is 0 Å². The molecule has 1 saturated heterocycles. The van der Waals surface area contributed by atoms with E-state index >= 15 is 0 Å². The summed E-state index contributed by atoms with van der Waals surface area (Å²) in [5.74, 6) is 3.80. The summed E-state index contributed by atoms with van der Waals surface area (Å²) < 4.78 is 16.5. The number of piperidine rings is 1. The molecule has 3 aromatic rings. The highest BCUT2D eigenvalue weighted by Gasteiger charge is 2.30. The molecule has 1 atom stereocenters. The van der Waals surface area contributed by atoms with Crippen molar-refractivity contribution in [3.63, 3.8) is 0 Å². The molecule has 0 saturated carbocycles. The van der Waals surface area contributed by atoms with Crippen LogP contribution in [0.3, 0.4) is 0 Å². The fraction of sp³-hybridized carbons (Fsp3) is 0.524. The Morgan fingerprint density at radius 1 is 1.14 bits per heavy atom. The summed E-state index contributed by atoms with van der Waals surface area (Å²) in [7, 11) is 3.27. The first-order valence-electron chi connectivity index (χ1n) is 9.87. The van der Waals surface area contributed by atoms with Gasteiger partial charge in [0, 0.05) is 29.3 Å². The number of benzene rings is 1. The zero-order chi connectivity index (χ0) is 20.6. The van der Waals surface area contributed by atoms with Crippen LogP contribution in [-0.4, -0.2) is 47.6 Å². The lowest BCUT2D eigenvalue weighted by atomic mass is 9.95. The lowest BCUT2D eigenvalue weighted by Gasteiger charge is -2.32. The third-order valence-corrected chi connectivity index (χ3v) is 5.33. The third-order valence-electron chi connectivity index (χ3n) is 5.33. The molecule has 1 fully saturated rings. The second-order valence-corrected chi connectivity index (χ2v) is 8.45. The van der Waals surface area contributed by atoms with Crippen LogP contribution in [0.15, 0.2) is 22.9 Å². The first kappa shape index (κ1) is 19.4. The van der Waals surface area contributed by atoms with E-state index < -0.39 is 0 Å². The number of hydrogen-bond acceptors (Lipinski definition) is 8. The van der Waals surface area contributed by atoms with Gasteiger partial charge in [-0.25, -0.2) is 0 Å². The van der Waals surface area contributed by atoms with Crippen LogP contribution in [0.5, 0.6) is 11.5 Å². The van der Waals surface area contributed by atoms with Gasteiger partial charge in [-0.15, -0.1) is 5.10 Å². The quantitative estimate of drug-likeness (QED) is 0.658. The zero-order valence-corrected chi connectivity index (χ0v) is 17.6. The Morgan fingerprint density at radius 3 is 2.59 bits per heavy atom. The molecule has 0 radical (unpaired) electrons. The molecule has 8 heteroatoms. The van der Waals surface area contributed by atoms with Gasteiger partial charge in [-0.1, -0.05) is 25.9 Å². The number of nitrogens with zero attached hydrogens (tertiary/aromatic N) is 5. The van der Waals surface area contributed by atoms with Crippen molar-refractivity contribution in [1.82, 2.24) is 20.3 Å². The monoisotopic (exact) mass is 397 g/mol. The van der Waals surface area contributed by atoms with Gasteiger partial charge < -0.3 is 18.9 Å². The number of methoxy groups -OCH3 is 2. The van der Waals surface area contributed by atoms with Crippen LogP contribution < -0.4 is 14.4 Å². The molecule has 1 unspecified atom stereocenters. The SMILES string of the molecule is COc1cc2cnnc(N3CCCC(c4nc(C(C)(C)C)no4)C3)c2cc1OC. The summed E-state index contributed by atoms with van der Waals surface area (Å²) >= 11 is 0. The van der Waals surface area contributed by atoms with Crippen LogP contribution in [0.1, 0.15) is 51.2 Å². The molecule has 1 aliphatic heterocycles. The van der Waals surface area contributed by atoms with Gasteiger partial charge in [-0.2, -0.15) is 10.1 Å². The van der Waals surface area contributed by atoms with Gasteiger partial charge >= 0.3 is 0 Å². The molecule has 3 heterocycles. The van der Waals surface area contributed by atoms with Gasteiger partial charge in [0.15, 0.2) is 23.1 Å². The highest BCUT2D eigenvalue weighted by atomic mass is 16.5. The van der Waals surface area contributed by atoms with Gasteiger partial charge in [0.05, 0.1) is 26.3 Å². The van der Waals surface area contributed by atoms with E-state index in [0.29, 0.717) is 17.4 Å². The summed E-state index contributed by atoms with van der Waals surface area (Å²) in [6.07, 6.45) is 3.77. The molecule has 29 heavy (non-hydrogen) atoms. The molecule has 0 bridgehead atoms. The minimum Gasteiger partial charge on any atom is -0.493 e. The van der Waals surface area contributed by atoms with E-state index in [0.717, 1.165) is 48.3 Å². The largest absolute Gasteiger partial charge is 0.493 e. The van der Waals surface area contributed by atoms with Crippen molar-refractivity contribution in [1.29, 1.82) is 0 Å². The average Bonchev–Trinajstić information content (AvgIpc) is 3.23. The molecule has 1 aromatic carbocycles. The Labute approximate surface area is 170 Å². The van der Waals surface area contributed by atoms with Crippen molar-refractivity contribution in [2.75, 3.05) is 32.2 Å². The molecule has 8 nitrogen and oxygen atoms in total. The van der Waals surface area contributed by atoms with Crippen LogP contribution in [0.25, 0.3) is 10.8 Å². The highest BCUT2D eigenvalue weighted by Crippen LogP contribution is 2.37. The van der Waals surface area contributed by atoms with Crippen molar-refractivity contribution in [2.24, 2.45) is 0 Å². The number of rotatable bonds is 4. The topological polar surface area (TPSA) is 86.4 Å². The fourth-order valence-electron chi connectivity index (χ4n) is 3.71. The third kappa shape index (κ3) is 3.71. The van der Waals surface area contributed by atoms with E-state index in [2.05, 4.69) is 46.0 Å². The number of anilines is 1. The molecule has 0 aliphatic carbocycles. The van der Waals surface area contributed by atoms with Gasteiger partial charge in [-0.05, 0) is 25.0 Å². The molecule has 2 aromatic heterocycles. The normalized spacial score (nSPS) is 17.6. The molecular weight excluding hydrogens is 370 g/mol. The Bertz CT molecular complexity index is 1010. The summed E-state index contributed by atoms with van der Waals surface area (Å²) in [4.78, 5) is 6.92. The summed E-state index contributed by atoms with van der Waals surface area (Å²) in [5, 5.41) is 14.8. The van der Waals surface area contributed by atoms with E-state index in [1.807, 2.05) is 12.1 Å². The van der Waals surface area contributed by atoms with Gasteiger partial charge in [-0.3, -0.25) is 0 Å². The van der Waals surface area contributed by atoms with Gasteiger partial charge in [0.1, 0.15) is 0 Å². The number of fused-ring (bicyclic) bond motifs is 1. The van der Waals surface area contributed by atoms with Crippen LogP contribution in [0, 0.1) is 0 Å². The first-order valence-corrected chi connectivity index (χ1v) is 9.87. The summed E-state index contributed by atoms with van der Waals surface area (Å²) in [5.41, 5.74) is -0.132. The summed E-state index contributed by atoms with van der Waals surface area (Å²) in [6, 6.07) is 3.90. The lowest BCUT2D eigenvalue weighted by molar-refractivity contribution is 0.325. The Balaban J connectivity index is 1.66. The molecule has 4 rings (SSSR count). The van der Waals surface area contributed by atoms with Gasteiger partial charge in [0.2, 0.25) is 5.89 Å². The average molecular weight is 397 g/mol. The van der Waals surface area contributed by atoms with Crippen molar-refractivity contribution < 1.29 is 14.0 Å². The summed E-state index contributed by atoms with van der Waals surface area (Å²) in [6.45, 7) is 7.92. The Hall–Kier alpha value is -2.90. The highest BCUT2D eigenvalue weighted by molar-refractivity contribution is 5.94. The predicted octanol–water partition coefficient (Wildman–Crippen LogP) is 3.71. The minimum absolute atomic E-state index is 0.132. The number of hydrogen-bond donors (Lipinski definition) is 0. The second kappa shape index (κ2) is 7.50. The second-order valence-electron chi connectivity index (χ2n) is 8.45. The van der Waals surface area contributed by atoms with Crippen molar-refractivity contribution >= 4 is 16.6 Å². The van der Waals surface area contributed by atoms with Crippen molar-refractivity contribution in [3.05, 3.63) is 30.0 Å². The van der Waals surface area contributed by atoms with Crippen LogP contribution in [0.2, 0.25) is 0 Å². The lowest BCUT2D eigenvalue weighted by Crippen LogP contribution is -2.35. The molecule has 0 spiro atoms. The van der Waals surface area contributed by atoms with Crippen LogP contribution >= 0.6 is 0 Å². The van der Waals surface area contributed by atoms with Crippen LogP contribution in [-0.2, 0) is 5.41 Å². The van der Waals surface area contributed by atoms with Crippen LogP contribution in [0.4, 0.5) is 5.82 Å². The van der Waals surface area contributed by atoms with E-state index in [1.54, 1.807) is 20.4 Å². The van der Waals surface area contributed by atoms with Gasteiger partial charge in [0.25, 0.3) is 0 Å². The predicted molar refractivity (Wildman–Crippen MR) is 110 cm³/mol. The molecule has 0 N–H and O–H groups in total. The maximum Gasteiger partial charge on any atom is 0.231 e. The van der Waals surface area contributed by atoms with Crippen molar-refractivity contribution in [3.8, 4) is 11.5 Å². The maximum absolute atomic E-state index is 5.61. The molecule has 154 valence electrons. The first-order chi connectivity index (χ1) is 13.9. The minimum atomic E-state index is -0.132. The number of ether oxygens (including phenoxy) is 2. The fourth-order valence-corrected chi connectivity index (χ4v) is 3.71. The Morgan fingerprint density at radius 2 is 1.90 bits per heavy atom. The number of aromatic nitrogens is 4.